The standard InChI is InChI=1S/C20H21N3O2.C3H7NO2/c1-20(2,3)17(24)13-23-16-10-5-4-8-14(16)19(22-12-18(23)25)15-9-6-7-11-21-15;1-2-6-3(4)5/h4-11H,12-13H2,1-3H3;2H2,1H3,(H2,4,5). The summed E-state index contributed by atoms with van der Waals surface area (Å²) < 4.78 is 4.18. The molecule has 0 saturated heterocycles. The highest BCUT2D eigenvalue weighted by molar-refractivity contribution is 6.19. The molecule has 1 aliphatic rings. The van der Waals surface area contributed by atoms with Crippen LogP contribution in [0.25, 0.3) is 0 Å². The highest BCUT2D eigenvalue weighted by Crippen LogP contribution is 2.27. The maximum atomic E-state index is 12.7. The Labute approximate surface area is 182 Å². The number of Topliss-reactive ketones (excluding diaryl/α,β-unsaturated/α-hetero) is 1. The molecule has 1 aliphatic heterocycles. The van der Waals surface area contributed by atoms with Gasteiger partial charge in [-0.05, 0) is 25.1 Å². The molecule has 1 aromatic carbocycles. The van der Waals surface area contributed by atoms with E-state index < -0.39 is 11.5 Å². The third-order valence-corrected chi connectivity index (χ3v) is 4.46. The molecule has 2 amide bonds. The molecule has 1 aromatic heterocycles. The number of hydrogen-bond donors (Lipinski definition) is 1. The van der Waals surface area contributed by atoms with Gasteiger partial charge in [-0.15, -0.1) is 0 Å². The van der Waals surface area contributed by atoms with Crippen LogP contribution >= 0.6 is 0 Å². The summed E-state index contributed by atoms with van der Waals surface area (Å²) in [5.74, 6) is -0.173. The molecule has 0 bridgehead atoms. The Balaban J connectivity index is 0.000000501. The number of benzodiazepines with no additional fused rings is 1. The lowest BCUT2D eigenvalue weighted by Gasteiger charge is -2.26. The van der Waals surface area contributed by atoms with E-state index in [2.05, 4.69) is 20.4 Å². The number of para-hydroxylation sites is 1. The van der Waals surface area contributed by atoms with Crippen LogP contribution in [0.15, 0.2) is 53.7 Å². The van der Waals surface area contributed by atoms with Crippen LogP contribution in [0.4, 0.5) is 10.5 Å². The predicted molar refractivity (Wildman–Crippen MR) is 119 cm³/mol. The number of ketones is 1. The average Bonchev–Trinajstić information content (AvgIpc) is 2.85. The van der Waals surface area contributed by atoms with E-state index in [4.69, 9.17) is 0 Å². The molecule has 0 spiro atoms. The number of pyridine rings is 1. The van der Waals surface area contributed by atoms with Crippen LogP contribution in [0.1, 0.15) is 39.0 Å². The minimum absolute atomic E-state index is 0.00197. The van der Waals surface area contributed by atoms with Crippen LogP contribution in [0.5, 0.6) is 0 Å². The van der Waals surface area contributed by atoms with Crippen LogP contribution < -0.4 is 10.6 Å². The molecule has 0 unspecified atom stereocenters. The van der Waals surface area contributed by atoms with E-state index in [1.54, 1.807) is 18.0 Å². The summed E-state index contributed by atoms with van der Waals surface area (Å²) in [5.41, 5.74) is 6.94. The number of nitrogens with two attached hydrogens (primary N) is 1. The van der Waals surface area contributed by atoms with Gasteiger partial charge in [0.15, 0.2) is 5.78 Å². The lowest BCUT2D eigenvalue weighted by molar-refractivity contribution is -0.127. The van der Waals surface area contributed by atoms with Crippen molar-refractivity contribution >= 4 is 29.2 Å². The average molecular weight is 425 g/mol. The first kappa shape index (κ1) is 23.7. The van der Waals surface area contributed by atoms with Crippen molar-refractivity contribution in [2.75, 3.05) is 24.6 Å². The molecule has 8 nitrogen and oxygen atoms in total. The van der Waals surface area contributed by atoms with Crippen molar-refractivity contribution in [3.8, 4) is 0 Å². The second-order valence-electron chi connectivity index (χ2n) is 7.80. The predicted octanol–water partition coefficient (Wildman–Crippen LogP) is 2.98. The second-order valence-corrected chi connectivity index (χ2v) is 7.80. The topological polar surface area (TPSA) is 115 Å². The minimum Gasteiger partial charge on any atom is -0.450 e. The molecule has 0 atom stereocenters. The van der Waals surface area contributed by atoms with Gasteiger partial charge in [0.05, 0.1) is 30.2 Å². The molecule has 31 heavy (non-hydrogen) atoms. The molecule has 2 N–H and O–H groups in total. The molecule has 164 valence electrons. The maximum absolute atomic E-state index is 12.7. The van der Waals surface area contributed by atoms with Gasteiger partial charge in [0, 0.05) is 17.2 Å². The van der Waals surface area contributed by atoms with E-state index >= 15 is 0 Å². The van der Waals surface area contributed by atoms with E-state index in [0.717, 1.165) is 5.56 Å². The molecule has 0 aliphatic carbocycles. The van der Waals surface area contributed by atoms with Crippen molar-refractivity contribution in [1.82, 2.24) is 4.98 Å². The van der Waals surface area contributed by atoms with Crippen molar-refractivity contribution in [2.24, 2.45) is 16.1 Å². The zero-order valence-electron chi connectivity index (χ0n) is 18.3. The van der Waals surface area contributed by atoms with Crippen LogP contribution in [0.2, 0.25) is 0 Å². The Morgan fingerprint density at radius 2 is 1.81 bits per heavy atom. The van der Waals surface area contributed by atoms with Crippen molar-refractivity contribution in [3.63, 3.8) is 0 Å². The number of aromatic nitrogens is 1. The van der Waals surface area contributed by atoms with Gasteiger partial charge in [-0.2, -0.15) is 0 Å². The first-order chi connectivity index (χ1) is 14.6. The van der Waals surface area contributed by atoms with Crippen molar-refractivity contribution in [1.29, 1.82) is 0 Å². The normalized spacial score (nSPS) is 13.2. The number of fused-ring (bicyclic) bond motifs is 1. The van der Waals surface area contributed by atoms with Crippen LogP contribution in [0, 0.1) is 5.41 Å². The number of nitrogens with zero attached hydrogens (tertiary/aromatic N) is 3. The summed E-state index contributed by atoms with van der Waals surface area (Å²) in [6.45, 7) is 7.68. The fraction of sp³-hybridized carbons (Fsp3) is 0.348. The Hall–Kier alpha value is -3.55. The number of primary amides is 1. The Morgan fingerprint density at radius 1 is 1.13 bits per heavy atom. The number of carbonyl (C=O) groups is 3. The third kappa shape index (κ3) is 6.47. The molecule has 0 fully saturated rings. The molecule has 0 saturated carbocycles. The second kappa shape index (κ2) is 10.5. The fourth-order valence-electron chi connectivity index (χ4n) is 2.78. The number of aliphatic imine (C=N–C) groups is 1. The summed E-state index contributed by atoms with van der Waals surface area (Å²) in [4.78, 5) is 45.2. The Kier molecular flexibility index (Phi) is 8.01. The molecular weight excluding hydrogens is 396 g/mol. The lowest BCUT2D eigenvalue weighted by atomic mass is 9.90. The van der Waals surface area contributed by atoms with Crippen LogP contribution in [0.3, 0.4) is 0 Å². The maximum Gasteiger partial charge on any atom is 0.404 e. The highest BCUT2D eigenvalue weighted by atomic mass is 16.5. The van der Waals surface area contributed by atoms with Crippen LogP contribution in [-0.4, -0.2) is 48.2 Å². The summed E-state index contributed by atoms with van der Waals surface area (Å²) in [7, 11) is 0. The van der Waals surface area contributed by atoms with E-state index in [1.807, 2.05) is 63.2 Å². The van der Waals surface area contributed by atoms with E-state index in [9.17, 15) is 14.4 Å². The molecule has 2 aromatic rings. The SMILES string of the molecule is CC(C)(C)C(=O)CN1C(=O)CN=C(c2ccccn2)c2ccccc21.CCOC(N)=O. The van der Waals surface area contributed by atoms with Crippen molar-refractivity contribution < 1.29 is 19.1 Å². The lowest BCUT2D eigenvalue weighted by Crippen LogP contribution is -2.40. The van der Waals surface area contributed by atoms with Gasteiger partial charge in [0.25, 0.3) is 0 Å². The summed E-state index contributed by atoms with van der Waals surface area (Å²) in [6.07, 6.45) is 0.992. The number of carbonyl (C=O) groups excluding carboxylic acids is 3. The summed E-state index contributed by atoms with van der Waals surface area (Å²) in [5, 5.41) is 0. The largest absolute Gasteiger partial charge is 0.450 e. The monoisotopic (exact) mass is 424 g/mol. The molecular formula is C23H28N4O4. The fourth-order valence-corrected chi connectivity index (χ4v) is 2.78. The number of ether oxygens (including phenoxy) is 1. The van der Waals surface area contributed by atoms with Gasteiger partial charge < -0.3 is 15.4 Å². The Bertz CT molecular complexity index is 965. The molecule has 2 heterocycles. The van der Waals surface area contributed by atoms with Crippen LogP contribution in [-0.2, 0) is 14.3 Å². The molecule has 0 radical (unpaired) electrons. The molecule has 3 rings (SSSR count). The number of rotatable bonds is 4. The van der Waals surface area contributed by atoms with E-state index in [-0.39, 0.29) is 24.8 Å². The van der Waals surface area contributed by atoms with Gasteiger partial charge >= 0.3 is 6.09 Å². The zero-order valence-corrected chi connectivity index (χ0v) is 18.3. The zero-order chi connectivity index (χ0) is 23.0. The van der Waals surface area contributed by atoms with Crippen molar-refractivity contribution in [3.05, 3.63) is 59.9 Å². The minimum atomic E-state index is -0.711. The highest BCUT2D eigenvalue weighted by Gasteiger charge is 2.30. The third-order valence-electron chi connectivity index (χ3n) is 4.46. The summed E-state index contributed by atoms with van der Waals surface area (Å²) >= 11 is 0. The quantitative estimate of drug-likeness (QED) is 0.810. The first-order valence-corrected chi connectivity index (χ1v) is 9.96. The number of anilines is 1. The molecule has 8 heteroatoms. The number of benzene rings is 1. The first-order valence-electron chi connectivity index (χ1n) is 9.96. The van der Waals surface area contributed by atoms with Gasteiger partial charge in [-0.3, -0.25) is 19.6 Å². The smallest absolute Gasteiger partial charge is 0.404 e. The van der Waals surface area contributed by atoms with E-state index in [1.165, 1.54) is 0 Å². The summed E-state index contributed by atoms with van der Waals surface area (Å²) in [6, 6.07) is 13.1. The van der Waals surface area contributed by atoms with Gasteiger partial charge in [0.1, 0.15) is 6.54 Å². The number of hydrogen-bond acceptors (Lipinski definition) is 6. The van der Waals surface area contributed by atoms with Gasteiger partial charge in [-0.25, -0.2) is 4.79 Å². The van der Waals surface area contributed by atoms with Gasteiger partial charge in [-0.1, -0.05) is 45.0 Å². The number of amides is 2. The van der Waals surface area contributed by atoms with E-state index in [0.29, 0.717) is 23.7 Å². The Morgan fingerprint density at radius 3 is 2.35 bits per heavy atom. The van der Waals surface area contributed by atoms with Crippen molar-refractivity contribution in [2.45, 2.75) is 27.7 Å². The van der Waals surface area contributed by atoms with Gasteiger partial charge in [0.2, 0.25) is 5.91 Å².